The summed E-state index contributed by atoms with van der Waals surface area (Å²) in [4.78, 5) is 0. The minimum absolute atomic E-state index is 0.628. The fourth-order valence-electron chi connectivity index (χ4n) is 3.09. The van der Waals surface area contributed by atoms with Crippen molar-refractivity contribution < 1.29 is 4.74 Å². The Morgan fingerprint density at radius 3 is 2.27 bits per heavy atom. The standard InChI is InChI=1S/C13H25NO/c1-10(12-5-3-4-6-12)14-11(2)13-7-8-15-9-13/h10-14H,3-9H2,1-2H3/t10-,11?,13?/m0/s1. The number of hydrogen-bond acceptors (Lipinski definition) is 2. The van der Waals surface area contributed by atoms with Crippen molar-refractivity contribution in [3.63, 3.8) is 0 Å². The normalized spacial score (nSPS) is 32.0. The van der Waals surface area contributed by atoms with E-state index in [9.17, 15) is 0 Å². The molecular formula is C13H25NO. The fraction of sp³-hybridized carbons (Fsp3) is 1.00. The molecule has 0 radical (unpaired) electrons. The molecule has 0 aromatic carbocycles. The lowest BCUT2D eigenvalue weighted by Crippen LogP contribution is -2.42. The zero-order valence-electron chi connectivity index (χ0n) is 10.2. The molecule has 2 heteroatoms. The first-order valence-electron chi connectivity index (χ1n) is 6.61. The summed E-state index contributed by atoms with van der Waals surface area (Å²) in [5, 5.41) is 3.78. The van der Waals surface area contributed by atoms with E-state index in [2.05, 4.69) is 19.2 Å². The van der Waals surface area contributed by atoms with Gasteiger partial charge in [0.15, 0.2) is 0 Å². The van der Waals surface area contributed by atoms with Crippen LogP contribution in [0.15, 0.2) is 0 Å². The van der Waals surface area contributed by atoms with E-state index in [0.29, 0.717) is 12.1 Å². The van der Waals surface area contributed by atoms with E-state index in [0.717, 1.165) is 25.0 Å². The smallest absolute Gasteiger partial charge is 0.0509 e. The Bertz CT molecular complexity index is 163. The van der Waals surface area contributed by atoms with Crippen LogP contribution in [0.25, 0.3) is 0 Å². The molecule has 1 saturated heterocycles. The second-order valence-corrected chi connectivity index (χ2v) is 5.41. The summed E-state index contributed by atoms with van der Waals surface area (Å²) >= 11 is 0. The second-order valence-electron chi connectivity index (χ2n) is 5.41. The van der Waals surface area contributed by atoms with Crippen LogP contribution >= 0.6 is 0 Å². The van der Waals surface area contributed by atoms with Gasteiger partial charge in [-0.15, -0.1) is 0 Å². The van der Waals surface area contributed by atoms with Gasteiger partial charge in [0.2, 0.25) is 0 Å². The molecule has 0 bridgehead atoms. The molecule has 0 spiro atoms. The summed E-state index contributed by atoms with van der Waals surface area (Å²) in [5.41, 5.74) is 0. The predicted octanol–water partition coefficient (Wildman–Crippen LogP) is 2.58. The predicted molar refractivity (Wildman–Crippen MR) is 62.9 cm³/mol. The molecule has 1 N–H and O–H groups in total. The zero-order valence-corrected chi connectivity index (χ0v) is 10.2. The third-order valence-corrected chi connectivity index (χ3v) is 4.30. The van der Waals surface area contributed by atoms with E-state index in [-0.39, 0.29) is 0 Å². The van der Waals surface area contributed by atoms with Crippen LogP contribution in [0, 0.1) is 11.8 Å². The Kier molecular flexibility index (Phi) is 4.04. The summed E-state index contributed by atoms with van der Waals surface area (Å²) in [7, 11) is 0. The van der Waals surface area contributed by atoms with Crippen LogP contribution < -0.4 is 5.32 Å². The first-order valence-corrected chi connectivity index (χ1v) is 6.61. The van der Waals surface area contributed by atoms with Crippen molar-refractivity contribution in [2.75, 3.05) is 13.2 Å². The molecule has 1 heterocycles. The highest BCUT2D eigenvalue weighted by Gasteiger charge is 2.27. The van der Waals surface area contributed by atoms with Crippen molar-refractivity contribution in [3.8, 4) is 0 Å². The van der Waals surface area contributed by atoms with Crippen molar-refractivity contribution in [2.24, 2.45) is 11.8 Å². The molecular weight excluding hydrogens is 186 g/mol. The SMILES string of the molecule is CC(N[C@@H](C)C1CCCC1)C1CCOC1. The van der Waals surface area contributed by atoms with Crippen LogP contribution in [-0.2, 0) is 4.74 Å². The maximum atomic E-state index is 5.45. The van der Waals surface area contributed by atoms with E-state index in [1.165, 1.54) is 32.1 Å². The molecule has 2 unspecified atom stereocenters. The maximum Gasteiger partial charge on any atom is 0.0509 e. The molecule has 2 aliphatic rings. The highest BCUT2D eigenvalue weighted by molar-refractivity contribution is 4.83. The highest BCUT2D eigenvalue weighted by Crippen LogP contribution is 2.28. The molecule has 2 rings (SSSR count). The van der Waals surface area contributed by atoms with E-state index in [1.54, 1.807) is 0 Å². The van der Waals surface area contributed by atoms with E-state index in [4.69, 9.17) is 4.74 Å². The van der Waals surface area contributed by atoms with Crippen LogP contribution in [0.5, 0.6) is 0 Å². The van der Waals surface area contributed by atoms with Gasteiger partial charge in [-0.25, -0.2) is 0 Å². The van der Waals surface area contributed by atoms with Crippen molar-refractivity contribution in [1.82, 2.24) is 5.32 Å². The summed E-state index contributed by atoms with van der Waals surface area (Å²) in [6.07, 6.45) is 6.99. The van der Waals surface area contributed by atoms with E-state index < -0.39 is 0 Å². The van der Waals surface area contributed by atoms with Crippen LogP contribution in [-0.4, -0.2) is 25.3 Å². The van der Waals surface area contributed by atoms with Gasteiger partial charge in [0.1, 0.15) is 0 Å². The lowest BCUT2D eigenvalue weighted by atomic mass is 9.95. The maximum absolute atomic E-state index is 5.45. The minimum atomic E-state index is 0.628. The van der Waals surface area contributed by atoms with Crippen LogP contribution in [0.2, 0.25) is 0 Å². The Balaban J connectivity index is 1.74. The summed E-state index contributed by atoms with van der Waals surface area (Å²) in [6, 6.07) is 1.33. The van der Waals surface area contributed by atoms with Gasteiger partial charge < -0.3 is 10.1 Å². The van der Waals surface area contributed by atoms with Gasteiger partial charge in [-0.3, -0.25) is 0 Å². The average Bonchev–Trinajstić information content (AvgIpc) is 2.91. The highest BCUT2D eigenvalue weighted by atomic mass is 16.5. The Labute approximate surface area is 93.8 Å². The molecule has 1 aliphatic carbocycles. The summed E-state index contributed by atoms with van der Waals surface area (Å²) in [5.74, 6) is 1.67. The van der Waals surface area contributed by atoms with Gasteiger partial charge >= 0.3 is 0 Å². The molecule has 1 saturated carbocycles. The lowest BCUT2D eigenvalue weighted by molar-refractivity contribution is 0.174. The average molecular weight is 211 g/mol. The molecule has 3 atom stereocenters. The third kappa shape index (κ3) is 2.94. The number of ether oxygens (including phenoxy) is 1. The first kappa shape index (κ1) is 11.4. The van der Waals surface area contributed by atoms with Crippen molar-refractivity contribution >= 4 is 0 Å². The monoisotopic (exact) mass is 211 g/mol. The van der Waals surface area contributed by atoms with E-state index >= 15 is 0 Å². The van der Waals surface area contributed by atoms with Crippen molar-refractivity contribution in [1.29, 1.82) is 0 Å². The minimum Gasteiger partial charge on any atom is -0.381 e. The van der Waals surface area contributed by atoms with Crippen molar-refractivity contribution in [2.45, 2.75) is 58.0 Å². The molecule has 2 fully saturated rings. The van der Waals surface area contributed by atoms with Gasteiger partial charge in [-0.05, 0) is 44.9 Å². The van der Waals surface area contributed by atoms with E-state index in [1.807, 2.05) is 0 Å². The molecule has 0 amide bonds. The molecule has 0 aromatic heterocycles. The van der Waals surface area contributed by atoms with Crippen LogP contribution in [0.1, 0.15) is 46.0 Å². The topological polar surface area (TPSA) is 21.3 Å². The van der Waals surface area contributed by atoms with Crippen LogP contribution in [0.3, 0.4) is 0 Å². The molecule has 2 nitrogen and oxygen atoms in total. The van der Waals surface area contributed by atoms with Gasteiger partial charge in [0.25, 0.3) is 0 Å². The Morgan fingerprint density at radius 1 is 1.00 bits per heavy atom. The molecule has 1 aliphatic heterocycles. The van der Waals surface area contributed by atoms with Gasteiger partial charge in [-0.1, -0.05) is 12.8 Å². The Morgan fingerprint density at radius 2 is 1.67 bits per heavy atom. The first-order chi connectivity index (χ1) is 7.27. The van der Waals surface area contributed by atoms with Crippen molar-refractivity contribution in [3.05, 3.63) is 0 Å². The summed E-state index contributed by atoms with van der Waals surface area (Å²) in [6.45, 7) is 6.62. The second kappa shape index (κ2) is 5.31. The molecule has 0 aromatic rings. The van der Waals surface area contributed by atoms with Crippen LogP contribution in [0.4, 0.5) is 0 Å². The largest absolute Gasteiger partial charge is 0.381 e. The lowest BCUT2D eigenvalue weighted by Gasteiger charge is -2.27. The molecule has 15 heavy (non-hydrogen) atoms. The van der Waals surface area contributed by atoms with Gasteiger partial charge in [0, 0.05) is 18.7 Å². The number of nitrogens with one attached hydrogen (secondary N) is 1. The molecule has 88 valence electrons. The fourth-order valence-corrected chi connectivity index (χ4v) is 3.09. The number of rotatable bonds is 4. The quantitative estimate of drug-likeness (QED) is 0.771. The zero-order chi connectivity index (χ0) is 10.7. The number of hydrogen-bond donors (Lipinski definition) is 1. The third-order valence-electron chi connectivity index (χ3n) is 4.30. The van der Waals surface area contributed by atoms with Gasteiger partial charge in [0.05, 0.1) is 6.61 Å². The van der Waals surface area contributed by atoms with Gasteiger partial charge in [-0.2, -0.15) is 0 Å². The Hall–Kier alpha value is -0.0800. The summed E-state index contributed by atoms with van der Waals surface area (Å²) < 4.78 is 5.45.